The summed E-state index contributed by atoms with van der Waals surface area (Å²) in [6.07, 6.45) is 2.88. The number of piperidine rings is 1. The molecule has 19 heavy (non-hydrogen) atoms. The molecule has 1 fully saturated rings. The summed E-state index contributed by atoms with van der Waals surface area (Å²) in [4.78, 5) is 25.5. The molecule has 0 aromatic carbocycles. The number of likely N-dealkylation sites (tertiary alicyclic amines) is 1. The third-order valence-corrected chi connectivity index (χ3v) is 4.34. The minimum atomic E-state index is -1.14. The summed E-state index contributed by atoms with van der Waals surface area (Å²) in [5.41, 5.74) is -1.14. The van der Waals surface area contributed by atoms with Gasteiger partial charge in [-0.25, -0.2) is 9.59 Å². The van der Waals surface area contributed by atoms with Crippen molar-refractivity contribution in [2.45, 2.75) is 65.0 Å². The van der Waals surface area contributed by atoms with Crippen LogP contribution in [0.4, 0.5) is 4.79 Å². The molecule has 5 nitrogen and oxygen atoms in total. The fraction of sp³-hybridized carbons (Fsp3) is 0.857. The highest BCUT2D eigenvalue weighted by Crippen LogP contribution is 2.23. The van der Waals surface area contributed by atoms with E-state index in [1.807, 2.05) is 6.92 Å². The second kappa shape index (κ2) is 6.26. The number of urea groups is 1. The van der Waals surface area contributed by atoms with Crippen LogP contribution in [0.15, 0.2) is 0 Å². The van der Waals surface area contributed by atoms with Crippen LogP contribution in [0.25, 0.3) is 0 Å². The summed E-state index contributed by atoms with van der Waals surface area (Å²) in [6, 6.07) is -0.0680. The van der Waals surface area contributed by atoms with Crippen LogP contribution in [0.2, 0.25) is 0 Å². The van der Waals surface area contributed by atoms with Gasteiger partial charge in [0.25, 0.3) is 0 Å². The van der Waals surface area contributed by atoms with Crippen LogP contribution in [-0.4, -0.2) is 40.1 Å². The smallest absolute Gasteiger partial charge is 0.329 e. The zero-order valence-corrected chi connectivity index (χ0v) is 12.4. The Bertz CT molecular complexity index is 340. The maximum Gasteiger partial charge on any atom is 0.329 e. The molecule has 1 saturated heterocycles. The number of rotatable bonds is 4. The molecule has 2 N–H and O–H groups in total. The Morgan fingerprint density at radius 2 is 1.84 bits per heavy atom. The minimum Gasteiger partial charge on any atom is -0.480 e. The van der Waals surface area contributed by atoms with Crippen molar-refractivity contribution in [3.63, 3.8) is 0 Å². The van der Waals surface area contributed by atoms with E-state index < -0.39 is 11.5 Å². The molecule has 110 valence electrons. The van der Waals surface area contributed by atoms with Gasteiger partial charge in [0, 0.05) is 12.6 Å². The molecule has 0 bridgehead atoms. The van der Waals surface area contributed by atoms with Crippen LogP contribution < -0.4 is 5.32 Å². The maximum absolute atomic E-state index is 12.3. The standard InChI is InChI=1S/C14H26N2O3/c1-5-14(6-2,12(17)18)15-13(19)16-9-10(3)7-8-11(16)4/h10-11H,5-9H2,1-4H3,(H,15,19)(H,17,18). The van der Waals surface area contributed by atoms with E-state index in [4.69, 9.17) is 0 Å². The van der Waals surface area contributed by atoms with E-state index in [1.165, 1.54) is 0 Å². The molecule has 2 amide bonds. The number of nitrogens with zero attached hydrogens (tertiary/aromatic N) is 1. The van der Waals surface area contributed by atoms with Gasteiger partial charge in [0.15, 0.2) is 0 Å². The second-order valence-corrected chi connectivity index (χ2v) is 5.71. The van der Waals surface area contributed by atoms with Crippen molar-refractivity contribution < 1.29 is 14.7 Å². The predicted octanol–water partition coefficient (Wildman–Crippen LogP) is 2.46. The molecular formula is C14H26N2O3. The highest BCUT2D eigenvalue weighted by Gasteiger charge is 2.39. The fourth-order valence-electron chi connectivity index (χ4n) is 2.63. The average Bonchev–Trinajstić information content (AvgIpc) is 2.38. The summed E-state index contributed by atoms with van der Waals surface area (Å²) in [5, 5.41) is 12.1. The number of hydrogen-bond acceptors (Lipinski definition) is 2. The molecule has 1 heterocycles. The SMILES string of the molecule is CCC(CC)(NC(=O)N1CC(C)CCC1C)C(=O)O. The lowest BCUT2D eigenvalue weighted by molar-refractivity contribution is -0.144. The monoisotopic (exact) mass is 270 g/mol. The molecule has 1 aliphatic heterocycles. The number of aliphatic carboxylic acids is 1. The first-order valence-electron chi connectivity index (χ1n) is 7.18. The van der Waals surface area contributed by atoms with Gasteiger partial charge in [-0.3, -0.25) is 0 Å². The lowest BCUT2D eigenvalue weighted by atomic mass is 9.92. The summed E-state index contributed by atoms with van der Waals surface area (Å²) in [7, 11) is 0. The summed E-state index contributed by atoms with van der Waals surface area (Å²) >= 11 is 0. The van der Waals surface area contributed by atoms with Gasteiger partial charge in [0.05, 0.1) is 0 Å². The Labute approximate surface area is 115 Å². The molecule has 0 aliphatic carbocycles. The lowest BCUT2D eigenvalue weighted by Gasteiger charge is -2.39. The van der Waals surface area contributed by atoms with Gasteiger partial charge in [-0.05, 0) is 38.5 Å². The summed E-state index contributed by atoms with van der Waals surface area (Å²) in [5.74, 6) is -0.479. The van der Waals surface area contributed by atoms with Crippen LogP contribution in [-0.2, 0) is 4.79 Å². The van der Waals surface area contributed by atoms with Crippen molar-refractivity contribution >= 4 is 12.0 Å². The Morgan fingerprint density at radius 3 is 2.32 bits per heavy atom. The topological polar surface area (TPSA) is 69.6 Å². The highest BCUT2D eigenvalue weighted by atomic mass is 16.4. The van der Waals surface area contributed by atoms with Gasteiger partial charge < -0.3 is 15.3 Å². The van der Waals surface area contributed by atoms with Crippen molar-refractivity contribution in [3.05, 3.63) is 0 Å². The van der Waals surface area contributed by atoms with Gasteiger partial charge >= 0.3 is 12.0 Å². The first kappa shape index (κ1) is 15.8. The molecule has 0 aromatic heterocycles. The van der Waals surface area contributed by atoms with E-state index in [9.17, 15) is 14.7 Å². The zero-order valence-electron chi connectivity index (χ0n) is 12.4. The van der Waals surface area contributed by atoms with Gasteiger partial charge in [-0.1, -0.05) is 20.8 Å². The van der Waals surface area contributed by atoms with E-state index >= 15 is 0 Å². The van der Waals surface area contributed by atoms with E-state index in [2.05, 4.69) is 12.2 Å². The third-order valence-electron chi connectivity index (χ3n) is 4.34. The van der Waals surface area contributed by atoms with Gasteiger partial charge in [-0.15, -0.1) is 0 Å². The zero-order chi connectivity index (χ0) is 14.6. The van der Waals surface area contributed by atoms with Crippen LogP contribution in [0, 0.1) is 5.92 Å². The van der Waals surface area contributed by atoms with Crippen LogP contribution in [0.5, 0.6) is 0 Å². The molecule has 5 heteroatoms. The number of carboxylic acids is 1. The third kappa shape index (κ3) is 3.39. The number of hydrogen-bond donors (Lipinski definition) is 2. The number of nitrogens with one attached hydrogen (secondary N) is 1. The number of carbonyl (C=O) groups excluding carboxylic acids is 1. The molecule has 1 aliphatic rings. The average molecular weight is 270 g/mol. The lowest BCUT2D eigenvalue weighted by Crippen LogP contribution is -2.59. The van der Waals surface area contributed by atoms with Gasteiger partial charge in [0.2, 0.25) is 0 Å². The number of amides is 2. The predicted molar refractivity (Wildman–Crippen MR) is 74.0 cm³/mol. The van der Waals surface area contributed by atoms with Crippen LogP contribution >= 0.6 is 0 Å². The molecule has 2 unspecified atom stereocenters. The number of carbonyl (C=O) groups is 2. The van der Waals surface area contributed by atoms with Crippen molar-refractivity contribution in [2.24, 2.45) is 5.92 Å². The Balaban J connectivity index is 2.79. The van der Waals surface area contributed by atoms with Gasteiger partial charge in [0.1, 0.15) is 5.54 Å². The Hall–Kier alpha value is -1.26. The maximum atomic E-state index is 12.3. The molecule has 0 spiro atoms. The van der Waals surface area contributed by atoms with Crippen molar-refractivity contribution in [2.75, 3.05) is 6.54 Å². The van der Waals surface area contributed by atoms with Crippen molar-refractivity contribution in [1.29, 1.82) is 0 Å². The molecule has 0 aromatic rings. The van der Waals surface area contributed by atoms with E-state index in [1.54, 1.807) is 18.7 Å². The molecule has 2 atom stereocenters. The minimum absolute atomic E-state index is 0.177. The Morgan fingerprint density at radius 1 is 1.26 bits per heavy atom. The normalized spacial score (nSPS) is 24.1. The van der Waals surface area contributed by atoms with Crippen molar-refractivity contribution in [1.82, 2.24) is 10.2 Å². The molecule has 1 rings (SSSR count). The quantitative estimate of drug-likeness (QED) is 0.824. The van der Waals surface area contributed by atoms with Crippen LogP contribution in [0.3, 0.4) is 0 Å². The van der Waals surface area contributed by atoms with E-state index in [-0.39, 0.29) is 12.1 Å². The van der Waals surface area contributed by atoms with E-state index in [0.717, 1.165) is 12.8 Å². The fourth-order valence-corrected chi connectivity index (χ4v) is 2.63. The number of carboxylic acid groups (broad SMARTS) is 1. The Kier molecular flexibility index (Phi) is 5.20. The van der Waals surface area contributed by atoms with Crippen molar-refractivity contribution in [3.8, 4) is 0 Å². The first-order chi connectivity index (χ1) is 8.86. The molecule has 0 radical (unpaired) electrons. The second-order valence-electron chi connectivity index (χ2n) is 5.71. The summed E-state index contributed by atoms with van der Waals surface area (Å²) < 4.78 is 0. The largest absolute Gasteiger partial charge is 0.480 e. The highest BCUT2D eigenvalue weighted by molar-refractivity contribution is 5.86. The molecular weight excluding hydrogens is 244 g/mol. The van der Waals surface area contributed by atoms with Gasteiger partial charge in [-0.2, -0.15) is 0 Å². The first-order valence-corrected chi connectivity index (χ1v) is 7.18. The molecule has 0 saturated carbocycles. The summed E-state index contributed by atoms with van der Waals surface area (Å²) in [6.45, 7) is 8.43. The van der Waals surface area contributed by atoms with E-state index in [0.29, 0.717) is 25.3 Å². The van der Waals surface area contributed by atoms with Crippen LogP contribution in [0.1, 0.15) is 53.4 Å².